The monoisotopic (exact) mass is 328 g/mol. The van der Waals surface area contributed by atoms with Crippen LogP contribution in [-0.4, -0.2) is 20.4 Å². The van der Waals surface area contributed by atoms with Gasteiger partial charge >= 0.3 is 0 Å². The Labute approximate surface area is 139 Å². The van der Waals surface area contributed by atoms with E-state index in [4.69, 9.17) is 11.6 Å². The molecule has 5 nitrogen and oxygen atoms in total. The highest BCUT2D eigenvalue weighted by molar-refractivity contribution is 6.38. The molecule has 0 spiro atoms. The first-order valence-electron chi connectivity index (χ1n) is 7.34. The molecular weight excluding hydrogens is 312 g/mol. The average molecular weight is 329 g/mol. The third kappa shape index (κ3) is 2.92. The van der Waals surface area contributed by atoms with Crippen molar-refractivity contribution >= 4 is 34.4 Å². The molecule has 0 bridgehead atoms. The van der Waals surface area contributed by atoms with Crippen molar-refractivity contribution in [3.63, 3.8) is 0 Å². The largest absolute Gasteiger partial charge is 0.322 e. The number of halogens is 1. The molecule has 1 amide bonds. The first-order valence-corrected chi connectivity index (χ1v) is 7.72. The van der Waals surface area contributed by atoms with Gasteiger partial charge in [-0.05, 0) is 23.6 Å². The Morgan fingerprint density at radius 1 is 1.22 bits per heavy atom. The van der Waals surface area contributed by atoms with Gasteiger partial charge in [-0.25, -0.2) is 9.97 Å². The van der Waals surface area contributed by atoms with E-state index in [0.29, 0.717) is 27.7 Å². The average Bonchev–Trinajstić information content (AvgIpc) is 2.90. The topological polar surface area (TPSA) is 59.8 Å². The van der Waals surface area contributed by atoms with Crippen LogP contribution >= 0.6 is 11.6 Å². The summed E-state index contributed by atoms with van der Waals surface area (Å²) in [6, 6.07) is 7.77. The van der Waals surface area contributed by atoms with Gasteiger partial charge in [-0.15, -0.1) is 0 Å². The maximum atomic E-state index is 12.4. The summed E-state index contributed by atoms with van der Waals surface area (Å²) >= 11 is 6.31. The van der Waals surface area contributed by atoms with Gasteiger partial charge < -0.3 is 9.88 Å². The zero-order valence-corrected chi connectivity index (χ0v) is 13.9. The molecule has 2 heterocycles. The van der Waals surface area contributed by atoms with Crippen molar-refractivity contribution in [2.24, 2.45) is 7.05 Å². The highest BCUT2D eigenvalue weighted by Crippen LogP contribution is 2.25. The van der Waals surface area contributed by atoms with Crippen LogP contribution in [-0.2, 0) is 7.05 Å². The normalized spacial score (nSPS) is 11.2. The number of rotatable bonds is 3. The van der Waals surface area contributed by atoms with Crippen LogP contribution in [0.2, 0.25) is 5.02 Å². The van der Waals surface area contributed by atoms with E-state index in [0.717, 1.165) is 5.69 Å². The highest BCUT2D eigenvalue weighted by Gasteiger charge is 2.16. The van der Waals surface area contributed by atoms with E-state index in [1.54, 1.807) is 10.9 Å². The van der Waals surface area contributed by atoms with Crippen LogP contribution in [0.3, 0.4) is 0 Å². The van der Waals surface area contributed by atoms with Crippen LogP contribution in [0, 0.1) is 0 Å². The lowest BCUT2D eigenvalue weighted by molar-refractivity contribution is 0.102. The van der Waals surface area contributed by atoms with Gasteiger partial charge in [-0.1, -0.05) is 37.6 Å². The number of nitrogens with zero attached hydrogens (tertiary/aromatic N) is 3. The Kier molecular flexibility index (Phi) is 4.05. The minimum Gasteiger partial charge on any atom is -0.322 e. The van der Waals surface area contributed by atoms with Gasteiger partial charge in [0.25, 0.3) is 5.91 Å². The van der Waals surface area contributed by atoms with Gasteiger partial charge in [0, 0.05) is 18.9 Å². The van der Waals surface area contributed by atoms with Crippen LogP contribution < -0.4 is 5.32 Å². The molecule has 3 rings (SSSR count). The zero-order chi connectivity index (χ0) is 16.6. The third-order valence-corrected chi connectivity index (χ3v) is 4.13. The molecule has 0 saturated carbocycles. The molecule has 1 aromatic carbocycles. The second kappa shape index (κ2) is 6.01. The van der Waals surface area contributed by atoms with E-state index in [-0.39, 0.29) is 5.91 Å². The molecule has 0 atom stereocenters. The van der Waals surface area contributed by atoms with Gasteiger partial charge in [0.1, 0.15) is 5.52 Å². The maximum Gasteiger partial charge on any atom is 0.258 e. The van der Waals surface area contributed by atoms with Crippen molar-refractivity contribution in [1.29, 1.82) is 0 Å². The number of carbonyl (C=O) groups is 1. The van der Waals surface area contributed by atoms with E-state index in [1.165, 1.54) is 11.8 Å². The van der Waals surface area contributed by atoms with Crippen LogP contribution in [0.15, 0.2) is 36.8 Å². The van der Waals surface area contributed by atoms with Crippen molar-refractivity contribution in [3.8, 4) is 0 Å². The first-order chi connectivity index (χ1) is 11.0. The number of pyridine rings is 1. The van der Waals surface area contributed by atoms with E-state index >= 15 is 0 Å². The predicted octanol–water partition coefficient (Wildman–Crippen LogP) is 4.00. The second-order valence-corrected chi connectivity index (χ2v) is 6.12. The number of imidazole rings is 1. The Balaban J connectivity index is 1.87. The lowest BCUT2D eigenvalue weighted by atomic mass is 10.0. The van der Waals surface area contributed by atoms with Crippen LogP contribution in [0.1, 0.15) is 35.7 Å². The lowest BCUT2D eigenvalue weighted by Crippen LogP contribution is -2.13. The summed E-state index contributed by atoms with van der Waals surface area (Å²) in [4.78, 5) is 20.9. The van der Waals surface area contributed by atoms with E-state index < -0.39 is 0 Å². The zero-order valence-electron chi connectivity index (χ0n) is 13.2. The molecule has 3 aromatic rings. The highest BCUT2D eigenvalue weighted by atomic mass is 35.5. The smallest absolute Gasteiger partial charge is 0.258 e. The van der Waals surface area contributed by atoms with Gasteiger partial charge in [0.05, 0.1) is 16.9 Å². The van der Waals surface area contributed by atoms with Gasteiger partial charge in [-0.2, -0.15) is 0 Å². The fourth-order valence-electron chi connectivity index (χ4n) is 2.35. The number of carbonyl (C=O) groups excluding carboxylic acids is 1. The molecule has 0 aliphatic carbocycles. The number of benzene rings is 1. The fraction of sp³-hybridized carbons (Fsp3) is 0.235. The minimum absolute atomic E-state index is 0.299. The number of hydrogen-bond donors (Lipinski definition) is 1. The fourth-order valence-corrected chi connectivity index (χ4v) is 2.62. The van der Waals surface area contributed by atoms with Gasteiger partial charge in [0.2, 0.25) is 0 Å². The number of amides is 1. The summed E-state index contributed by atoms with van der Waals surface area (Å²) in [5.41, 5.74) is 3.42. The third-order valence-electron chi connectivity index (χ3n) is 3.75. The molecule has 1 N–H and O–H groups in total. The van der Waals surface area contributed by atoms with Gasteiger partial charge in [0.15, 0.2) is 5.65 Å². The van der Waals surface area contributed by atoms with Crippen LogP contribution in [0.5, 0.6) is 0 Å². The van der Waals surface area contributed by atoms with E-state index in [2.05, 4.69) is 29.1 Å². The Morgan fingerprint density at radius 2 is 1.91 bits per heavy atom. The number of aryl methyl sites for hydroxylation is 1. The maximum absolute atomic E-state index is 12.4. The predicted molar refractivity (Wildman–Crippen MR) is 92.0 cm³/mol. The molecule has 23 heavy (non-hydrogen) atoms. The molecule has 0 unspecified atom stereocenters. The van der Waals surface area contributed by atoms with Crippen molar-refractivity contribution < 1.29 is 4.79 Å². The summed E-state index contributed by atoms with van der Waals surface area (Å²) < 4.78 is 1.76. The van der Waals surface area contributed by atoms with E-state index in [9.17, 15) is 4.79 Å². The van der Waals surface area contributed by atoms with Crippen LogP contribution in [0.4, 0.5) is 5.69 Å². The molecule has 0 aliphatic heterocycles. The summed E-state index contributed by atoms with van der Waals surface area (Å²) in [6.07, 6.45) is 3.10. The minimum atomic E-state index is -0.299. The standard InChI is InChI=1S/C17H17ClN4O/c1-10(2)11-4-6-12(7-5-11)21-17(23)13-8-19-16-15(14(13)18)20-9-22(16)3/h4-10H,1-3H3,(H,21,23). The van der Waals surface area contributed by atoms with Crippen molar-refractivity contribution in [3.05, 3.63) is 52.9 Å². The SMILES string of the molecule is CC(C)c1ccc(NC(=O)c2cnc3c(ncn3C)c2Cl)cc1. The van der Waals surface area contributed by atoms with Crippen molar-refractivity contribution in [2.75, 3.05) is 5.32 Å². The number of fused-ring (bicyclic) bond motifs is 1. The molecule has 0 aliphatic rings. The number of aromatic nitrogens is 3. The summed E-state index contributed by atoms with van der Waals surface area (Å²) in [6.45, 7) is 4.25. The summed E-state index contributed by atoms with van der Waals surface area (Å²) in [7, 11) is 1.83. The number of anilines is 1. The number of nitrogens with one attached hydrogen (secondary N) is 1. The molecule has 0 saturated heterocycles. The molecule has 6 heteroatoms. The van der Waals surface area contributed by atoms with Crippen LogP contribution in [0.25, 0.3) is 11.2 Å². The molecule has 0 fully saturated rings. The van der Waals surface area contributed by atoms with Crippen molar-refractivity contribution in [1.82, 2.24) is 14.5 Å². The molecular formula is C17H17ClN4O. The Bertz CT molecular complexity index is 868. The lowest BCUT2D eigenvalue weighted by Gasteiger charge is -2.09. The summed E-state index contributed by atoms with van der Waals surface area (Å²) in [5, 5.41) is 3.15. The van der Waals surface area contributed by atoms with Gasteiger partial charge in [-0.3, -0.25) is 4.79 Å². The van der Waals surface area contributed by atoms with E-state index in [1.807, 2.05) is 31.3 Å². The second-order valence-electron chi connectivity index (χ2n) is 5.74. The quantitative estimate of drug-likeness (QED) is 0.790. The molecule has 118 valence electrons. The molecule has 2 aromatic heterocycles. The summed E-state index contributed by atoms with van der Waals surface area (Å²) in [5.74, 6) is 0.150. The Hall–Kier alpha value is -2.40. The first kappa shape index (κ1) is 15.5. The van der Waals surface area contributed by atoms with Crippen molar-refractivity contribution in [2.45, 2.75) is 19.8 Å². The molecule has 0 radical (unpaired) electrons. The number of hydrogen-bond acceptors (Lipinski definition) is 3. The Morgan fingerprint density at radius 3 is 2.57 bits per heavy atom.